The highest BCUT2D eigenvalue weighted by Gasteiger charge is 2.28. The van der Waals surface area contributed by atoms with Gasteiger partial charge in [-0.05, 0) is 37.6 Å². The highest BCUT2D eigenvalue weighted by molar-refractivity contribution is 5.94. The van der Waals surface area contributed by atoms with Gasteiger partial charge in [0.05, 0.1) is 18.8 Å². The quantitative estimate of drug-likeness (QED) is 0.886. The van der Waals surface area contributed by atoms with E-state index in [0.29, 0.717) is 17.8 Å². The van der Waals surface area contributed by atoms with E-state index < -0.39 is 6.10 Å². The van der Waals surface area contributed by atoms with E-state index in [1.54, 1.807) is 38.1 Å². The first-order valence-corrected chi connectivity index (χ1v) is 7.57. The number of methoxy groups -OCH3 is 1. The van der Waals surface area contributed by atoms with Crippen molar-refractivity contribution in [2.24, 2.45) is 0 Å². The molecule has 0 spiro atoms. The summed E-state index contributed by atoms with van der Waals surface area (Å²) in [5, 5.41) is 14.1. The van der Waals surface area contributed by atoms with Crippen molar-refractivity contribution in [1.29, 1.82) is 0 Å². The monoisotopic (exact) mass is 318 g/mol. The maximum atomic E-state index is 12.5. The van der Waals surface area contributed by atoms with Gasteiger partial charge < -0.3 is 19.3 Å². The molecule has 1 amide bonds. The van der Waals surface area contributed by atoms with Gasteiger partial charge in [0.15, 0.2) is 0 Å². The van der Waals surface area contributed by atoms with Crippen LogP contribution in [0.2, 0.25) is 0 Å². The Bertz CT molecular complexity index is 662. The third-order valence-corrected chi connectivity index (χ3v) is 3.61. The third-order valence-electron chi connectivity index (χ3n) is 3.61. The van der Waals surface area contributed by atoms with E-state index in [1.165, 1.54) is 0 Å². The zero-order chi connectivity index (χ0) is 17.0. The Hall–Kier alpha value is -2.34. The summed E-state index contributed by atoms with van der Waals surface area (Å²) in [5.74, 6) is 0.520. The fourth-order valence-corrected chi connectivity index (χ4v) is 2.41. The first-order valence-electron chi connectivity index (χ1n) is 7.57. The SMILES string of the molecule is CCCN(C)C(=O)c1onc(-c2ccc(OC)cc2)c1[C@H](C)O. The largest absolute Gasteiger partial charge is 0.497 e. The number of aliphatic hydroxyl groups is 1. The minimum atomic E-state index is -0.868. The van der Waals surface area contributed by atoms with Crippen LogP contribution < -0.4 is 4.74 Å². The standard InChI is InChI=1S/C17H22N2O4/c1-5-10-19(3)17(21)16-14(11(2)20)15(18-23-16)12-6-8-13(22-4)9-7-12/h6-9,11,20H,5,10H2,1-4H3/t11-/m0/s1. The van der Waals surface area contributed by atoms with E-state index in [2.05, 4.69) is 5.16 Å². The van der Waals surface area contributed by atoms with Gasteiger partial charge in [0.25, 0.3) is 5.91 Å². The zero-order valence-electron chi connectivity index (χ0n) is 13.9. The number of benzene rings is 1. The second kappa shape index (κ2) is 7.28. The van der Waals surface area contributed by atoms with Gasteiger partial charge in [0.2, 0.25) is 5.76 Å². The molecule has 0 fully saturated rings. The number of amides is 1. The van der Waals surface area contributed by atoms with E-state index in [-0.39, 0.29) is 11.7 Å². The number of carbonyl (C=O) groups is 1. The van der Waals surface area contributed by atoms with Crippen molar-refractivity contribution in [3.63, 3.8) is 0 Å². The van der Waals surface area contributed by atoms with Gasteiger partial charge >= 0.3 is 0 Å². The molecule has 1 heterocycles. The summed E-state index contributed by atoms with van der Waals surface area (Å²) in [6, 6.07) is 7.21. The molecular weight excluding hydrogens is 296 g/mol. The van der Waals surface area contributed by atoms with Crippen LogP contribution in [0.1, 0.15) is 42.5 Å². The first kappa shape index (κ1) is 17.0. The van der Waals surface area contributed by atoms with Crippen LogP contribution in [0.15, 0.2) is 28.8 Å². The van der Waals surface area contributed by atoms with Crippen molar-refractivity contribution < 1.29 is 19.2 Å². The fraction of sp³-hybridized carbons (Fsp3) is 0.412. The van der Waals surface area contributed by atoms with Gasteiger partial charge in [-0.15, -0.1) is 0 Å². The molecule has 124 valence electrons. The molecule has 6 nitrogen and oxygen atoms in total. The summed E-state index contributed by atoms with van der Waals surface area (Å²) >= 11 is 0. The summed E-state index contributed by atoms with van der Waals surface area (Å²) < 4.78 is 10.4. The molecule has 2 aromatic rings. The zero-order valence-corrected chi connectivity index (χ0v) is 13.9. The first-order chi connectivity index (χ1) is 11.0. The molecule has 0 saturated carbocycles. The van der Waals surface area contributed by atoms with Crippen molar-refractivity contribution in [3.8, 4) is 17.0 Å². The lowest BCUT2D eigenvalue weighted by atomic mass is 10.0. The van der Waals surface area contributed by atoms with Gasteiger partial charge in [0, 0.05) is 19.2 Å². The summed E-state index contributed by atoms with van der Waals surface area (Å²) in [6.45, 7) is 4.19. The number of aromatic nitrogens is 1. The summed E-state index contributed by atoms with van der Waals surface area (Å²) in [6.07, 6.45) is -0.0292. The highest BCUT2D eigenvalue weighted by atomic mass is 16.5. The maximum Gasteiger partial charge on any atom is 0.292 e. The molecule has 0 bridgehead atoms. The molecular formula is C17H22N2O4. The molecule has 0 unspecified atom stereocenters. The van der Waals surface area contributed by atoms with E-state index in [9.17, 15) is 9.90 Å². The summed E-state index contributed by atoms with van der Waals surface area (Å²) in [4.78, 5) is 14.0. The Morgan fingerprint density at radius 3 is 2.57 bits per heavy atom. The van der Waals surface area contributed by atoms with Crippen LogP contribution in [0.25, 0.3) is 11.3 Å². The van der Waals surface area contributed by atoms with Crippen molar-refractivity contribution in [2.45, 2.75) is 26.4 Å². The molecule has 0 aliphatic heterocycles. The molecule has 0 aliphatic carbocycles. The van der Waals surface area contributed by atoms with Crippen molar-refractivity contribution >= 4 is 5.91 Å². The minimum absolute atomic E-state index is 0.0850. The minimum Gasteiger partial charge on any atom is -0.497 e. The Balaban J connectivity index is 2.43. The lowest BCUT2D eigenvalue weighted by Gasteiger charge is -2.15. The van der Waals surface area contributed by atoms with Crippen LogP contribution in [-0.4, -0.2) is 41.8 Å². The van der Waals surface area contributed by atoms with Gasteiger partial charge in [-0.2, -0.15) is 0 Å². The number of rotatable bonds is 6. The van der Waals surface area contributed by atoms with Gasteiger partial charge in [-0.3, -0.25) is 4.79 Å². The number of hydrogen-bond acceptors (Lipinski definition) is 5. The van der Waals surface area contributed by atoms with Crippen LogP contribution >= 0.6 is 0 Å². The van der Waals surface area contributed by atoms with Gasteiger partial charge in [0.1, 0.15) is 11.4 Å². The van der Waals surface area contributed by atoms with Gasteiger partial charge in [-0.1, -0.05) is 12.1 Å². The Morgan fingerprint density at radius 2 is 2.04 bits per heavy atom. The molecule has 6 heteroatoms. The number of nitrogens with zero attached hydrogens (tertiary/aromatic N) is 2. The summed E-state index contributed by atoms with van der Waals surface area (Å²) in [7, 11) is 3.29. The normalized spacial score (nSPS) is 12.0. The second-order valence-electron chi connectivity index (χ2n) is 5.41. The van der Waals surface area contributed by atoms with Crippen molar-refractivity contribution in [2.75, 3.05) is 20.7 Å². The van der Waals surface area contributed by atoms with Crippen LogP contribution in [0.4, 0.5) is 0 Å². The molecule has 1 atom stereocenters. The number of aliphatic hydroxyl groups excluding tert-OH is 1. The molecule has 2 rings (SSSR count). The van der Waals surface area contributed by atoms with E-state index >= 15 is 0 Å². The Labute approximate surface area is 135 Å². The predicted octanol–water partition coefficient (Wildman–Crippen LogP) is 2.89. The number of hydrogen-bond donors (Lipinski definition) is 1. The average Bonchev–Trinajstić information content (AvgIpc) is 2.99. The van der Waals surface area contributed by atoms with Crippen molar-refractivity contribution in [3.05, 3.63) is 35.6 Å². The topological polar surface area (TPSA) is 75.8 Å². The molecule has 23 heavy (non-hydrogen) atoms. The van der Waals surface area contributed by atoms with Crippen LogP contribution in [-0.2, 0) is 0 Å². The number of carbonyl (C=O) groups excluding carboxylic acids is 1. The van der Waals surface area contributed by atoms with E-state index in [4.69, 9.17) is 9.26 Å². The molecule has 1 aromatic heterocycles. The Morgan fingerprint density at radius 1 is 1.39 bits per heavy atom. The van der Waals surface area contributed by atoms with E-state index in [1.807, 2.05) is 19.1 Å². The highest BCUT2D eigenvalue weighted by Crippen LogP contribution is 2.32. The van der Waals surface area contributed by atoms with Crippen LogP contribution in [0, 0.1) is 0 Å². The number of ether oxygens (including phenoxy) is 1. The lowest BCUT2D eigenvalue weighted by molar-refractivity contribution is 0.0745. The third kappa shape index (κ3) is 3.53. The smallest absolute Gasteiger partial charge is 0.292 e. The average molecular weight is 318 g/mol. The Kier molecular flexibility index (Phi) is 5.39. The molecule has 1 aromatic carbocycles. The van der Waals surface area contributed by atoms with Crippen molar-refractivity contribution in [1.82, 2.24) is 10.1 Å². The maximum absolute atomic E-state index is 12.5. The molecule has 0 aliphatic rings. The second-order valence-corrected chi connectivity index (χ2v) is 5.41. The molecule has 1 N–H and O–H groups in total. The lowest BCUT2D eigenvalue weighted by Crippen LogP contribution is -2.28. The fourth-order valence-electron chi connectivity index (χ4n) is 2.41. The van der Waals surface area contributed by atoms with Crippen LogP contribution in [0.5, 0.6) is 5.75 Å². The van der Waals surface area contributed by atoms with E-state index in [0.717, 1.165) is 17.7 Å². The predicted molar refractivity (Wildman–Crippen MR) is 86.4 cm³/mol. The van der Waals surface area contributed by atoms with Gasteiger partial charge in [-0.25, -0.2) is 0 Å². The van der Waals surface area contributed by atoms with Crippen LogP contribution in [0.3, 0.4) is 0 Å². The molecule has 0 radical (unpaired) electrons. The molecule has 0 saturated heterocycles. The summed E-state index contributed by atoms with van der Waals surface area (Å²) in [5.41, 5.74) is 1.63.